The van der Waals surface area contributed by atoms with Crippen LogP contribution in [0.3, 0.4) is 0 Å². The Hall–Kier alpha value is -2.38. The van der Waals surface area contributed by atoms with Crippen LogP contribution < -0.4 is 5.73 Å². The van der Waals surface area contributed by atoms with E-state index in [1.165, 1.54) is 6.20 Å². The molecule has 0 bridgehead atoms. The minimum absolute atomic E-state index is 0.0108. The molecule has 6 nitrogen and oxygen atoms in total. The molecule has 2 aromatic rings. The van der Waals surface area contributed by atoms with Gasteiger partial charge >= 0.3 is 6.43 Å². The molecule has 1 amide bonds. The maximum absolute atomic E-state index is 12.4. The molecule has 1 saturated carbocycles. The molecule has 0 radical (unpaired) electrons. The zero-order valence-corrected chi connectivity index (χ0v) is 11.1. The molecule has 2 aromatic heterocycles. The first kappa shape index (κ1) is 13.6. The van der Waals surface area contributed by atoms with Gasteiger partial charge in [-0.25, -0.2) is 0 Å². The molecule has 0 spiro atoms. The first-order valence-electron chi connectivity index (χ1n) is 6.29. The number of hydrogen-bond donors (Lipinski definition) is 1. The van der Waals surface area contributed by atoms with Crippen molar-refractivity contribution in [3.63, 3.8) is 0 Å². The van der Waals surface area contributed by atoms with Gasteiger partial charge < -0.3 is 10.2 Å². The van der Waals surface area contributed by atoms with Crippen LogP contribution in [0, 0.1) is 5.41 Å². The molecule has 0 aromatic carbocycles. The van der Waals surface area contributed by atoms with Gasteiger partial charge in [-0.05, 0) is 18.6 Å². The Morgan fingerprint density at radius 1 is 1.48 bits per heavy atom. The van der Waals surface area contributed by atoms with Gasteiger partial charge in [0.25, 0.3) is 5.89 Å². The number of aromatic nitrogens is 3. The summed E-state index contributed by atoms with van der Waals surface area (Å²) in [7, 11) is 0. The predicted octanol–water partition coefficient (Wildman–Crippen LogP) is 2.05. The van der Waals surface area contributed by atoms with Gasteiger partial charge in [-0.2, -0.15) is 8.78 Å². The van der Waals surface area contributed by atoms with E-state index in [0.717, 1.165) is 5.69 Å². The number of amides is 1. The predicted molar refractivity (Wildman–Crippen MR) is 67.1 cm³/mol. The smallest absolute Gasteiger partial charge is 0.314 e. The van der Waals surface area contributed by atoms with E-state index < -0.39 is 17.7 Å². The minimum atomic E-state index is -2.80. The van der Waals surface area contributed by atoms with Gasteiger partial charge in [0, 0.05) is 17.8 Å². The second-order valence-corrected chi connectivity index (χ2v) is 5.26. The third-order valence-corrected chi connectivity index (χ3v) is 3.82. The topological polar surface area (TPSA) is 94.9 Å². The summed E-state index contributed by atoms with van der Waals surface area (Å²) in [4.78, 5) is 15.5. The third-order valence-electron chi connectivity index (χ3n) is 3.82. The van der Waals surface area contributed by atoms with Crippen LogP contribution in [0.25, 0.3) is 11.5 Å². The van der Waals surface area contributed by atoms with Crippen molar-refractivity contribution in [1.82, 2.24) is 15.2 Å². The van der Waals surface area contributed by atoms with Crippen molar-refractivity contribution in [3.05, 3.63) is 29.9 Å². The molecule has 2 unspecified atom stereocenters. The fraction of sp³-hybridized carbons (Fsp3) is 0.385. The van der Waals surface area contributed by atoms with Crippen LogP contribution in [-0.4, -0.2) is 21.1 Å². The lowest BCUT2D eigenvalue weighted by atomic mass is 10.0. The molecule has 3 rings (SSSR count). The van der Waals surface area contributed by atoms with Crippen molar-refractivity contribution >= 4 is 5.91 Å². The number of nitrogens with two attached hydrogens (primary N) is 1. The molecule has 0 aliphatic heterocycles. The molecule has 1 aliphatic rings. The second-order valence-electron chi connectivity index (χ2n) is 5.26. The molecule has 2 heterocycles. The highest BCUT2D eigenvalue weighted by molar-refractivity contribution is 5.85. The molecule has 1 fully saturated rings. The van der Waals surface area contributed by atoms with Gasteiger partial charge in [-0.1, -0.05) is 6.92 Å². The van der Waals surface area contributed by atoms with Gasteiger partial charge in [0.15, 0.2) is 0 Å². The Labute approximate surface area is 118 Å². The highest BCUT2D eigenvalue weighted by atomic mass is 19.3. The van der Waals surface area contributed by atoms with E-state index in [0.29, 0.717) is 12.0 Å². The van der Waals surface area contributed by atoms with Crippen LogP contribution in [0.2, 0.25) is 0 Å². The van der Waals surface area contributed by atoms with Crippen molar-refractivity contribution in [3.8, 4) is 11.5 Å². The Kier molecular flexibility index (Phi) is 2.96. The summed E-state index contributed by atoms with van der Waals surface area (Å²) < 4.78 is 29.6. The maximum Gasteiger partial charge on any atom is 0.314 e. The number of pyridine rings is 1. The van der Waals surface area contributed by atoms with Crippen LogP contribution in [-0.2, 0) is 4.79 Å². The number of nitrogens with zero attached hydrogens (tertiary/aromatic N) is 3. The number of carbonyl (C=O) groups excluding carboxylic acids is 1. The van der Waals surface area contributed by atoms with E-state index in [2.05, 4.69) is 15.2 Å². The molecular formula is C13H12F2N4O2. The zero-order chi connectivity index (χ0) is 15.2. The lowest BCUT2D eigenvalue weighted by Crippen LogP contribution is -2.23. The summed E-state index contributed by atoms with van der Waals surface area (Å²) in [5.74, 6) is -1.10. The Morgan fingerprint density at radius 2 is 2.24 bits per heavy atom. The minimum Gasteiger partial charge on any atom is -0.415 e. The van der Waals surface area contributed by atoms with Crippen molar-refractivity contribution in [1.29, 1.82) is 0 Å². The molecule has 2 N–H and O–H groups in total. The summed E-state index contributed by atoms with van der Waals surface area (Å²) in [6.45, 7) is 1.79. The normalized spacial score (nSPS) is 24.3. The Morgan fingerprint density at radius 3 is 2.71 bits per heavy atom. The summed E-state index contributed by atoms with van der Waals surface area (Å²) in [6, 6.07) is 3.35. The zero-order valence-electron chi connectivity index (χ0n) is 11.1. The molecule has 0 saturated heterocycles. The Balaban J connectivity index is 1.80. The van der Waals surface area contributed by atoms with Crippen LogP contribution in [0.15, 0.2) is 22.7 Å². The molecule has 110 valence electrons. The highest BCUT2D eigenvalue weighted by Gasteiger charge is 2.56. The van der Waals surface area contributed by atoms with E-state index in [-0.39, 0.29) is 17.7 Å². The molecule has 2 atom stereocenters. The summed E-state index contributed by atoms with van der Waals surface area (Å²) in [5, 5.41) is 6.80. The second kappa shape index (κ2) is 4.57. The van der Waals surface area contributed by atoms with Crippen LogP contribution in [0.5, 0.6) is 0 Å². The highest BCUT2D eigenvalue weighted by Crippen LogP contribution is 2.58. The van der Waals surface area contributed by atoms with Crippen molar-refractivity contribution < 1.29 is 18.0 Å². The molecular weight excluding hydrogens is 282 g/mol. The third kappa shape index (κ3) is 2.26. The van der Waals surface area contributed by atoms with Gasteiger partial charge in [-0.15, -0.1) is 10.2 Å². The van der Waals surface area contributed by atoms with E-state index >= 15 is 0 Å². The number of alkyl halides is 2. The van der Waals surface area contributed by atoms with Crippen molar-refractivity contribution in [2.45, 2.75) is 25.7 Å². The summed E-state index contributed by atoms with van der Waals surface area (Å²) in [6.07, 6.45) is -0.691. The Bertz CT molecular complexity index is 686. The number of hydrogen-bond acceptors (Lipinski definition) is 5. The maximum atomic E-state index is 12.4. The van der Waals surface area contributed by atoms with Gasteiger partial charge in [-0.3, -0.25) is 9.78 Å². The molecule has 1 aliphatic carbocycles. The van der Waals surface area contributed by atoms with Gasteiger partial charge in [0.2, 0.25) is 11.8 Å². The fourth-order valence-electron chi connectivity index (χ4n) is 2.25. The van der Waals surface area contributed by atoms with Crippen LogP contribution in [0.4, 0.5) is 8.78 Å². The SMILES string of the molecule is CC1(C(N)=O)CC1c1ccc(-c2nnc(C(F)F)o2)cn1. The monoisotopic (exact) mass is 294 g/mol. The first-order valence-corrected chi connectivity index (χ1v) is 6.29. The van der Waals surface area contributed by atoms with E-state index in [1.54, 1.807) is 19.1 Å². The van der Waals surface area contributed by atoms with E-state index in [9.17, 15) is 13.6 Å². The first-order chi connectivity index (χ1) is 9.91. The molecule has 8 heteroatoms. The fourth-order valence-corrected chi connectivity index (χ4v) is 2.25. The summed E-state index contributed by atoms with van der Waals surface area (Å²) >= 11 is 0. The van der Waals surface area contributed by atoms with Crippen molar-refractivity contribution in [2.24, 2.45) is 11.1 Å². The van der Waals surface area contributed by atoms with Gasteiger partial charge in [0.1, 0.15) is 0 Å². The number of rotatable bonds is 4. The lowest BCUT2D eigenvalue weighted by molar-refractivity contribution is -0.122. The molecule has 21 heavy (non-hydrogen) atoms. The lowest BCUT2D eigenvalue weighted by Gasteiger charge is -2.05. The average molecular weight is 294 g/mol. The van der Waals surface area contributed by atoms with E-state index in [1.807, 2.05) is 0 Å². The van der Waals surface area contributed by atoms with Gasteiger partial charge in [0.05, 0.1) is 11.0 Å². The van der Waals surface area contributed by atoms with Crippen LogP contribution in [0.1, 0.15) is 37.3 Å². The number of carbonyl (C=O) groups is 1. The number of primary amides is 1. The average Bonchev–Trinajstić information content (AvgIpc) is 2.94. The van der Waals surface area contributed by atoms with Crippen molar-refractivity contribution in [2.75, 3.05) is 0 Å². The number of halogens is 2. The van der Waals surface area contributed by atoms with E-state index in [4.69, 9.17) is 10.2 Å². The quantitative estimate of drug-likeness (QED) is 0.931. The largest absolute Gasteiger partial charge is 0.415 e. The summed E-state index contributed by atoms with van der Waals surface area (Å²) in [5.41, 5.74) is 5.96. The standard InChI is InChI=1S/C13H12F2N4O2/c1-13(12(16)20)4-7(13)8-3-2-6(5-17-8)10-18-19-11(21-10)9(14)15/h2-3,5,7,9H,4H2,1H3,(H2,16,20). The van der Waals surface area contributed by atoms with Crippen LogP contribution >= 0.6 is 0 Å².